The third kappa shape index (κ3) is 6.11. The van der Waals surface area contributed by atoms with E-state index in [9.17, 15) is 31.2 Å². The fourth-order valence-electron chi connectivity index (χ4n) is 3.30. The Kier molecular flexibility index (Phi) is 8.53. The fourth-order valence-corrected chi connectivity index (χ4v) is 7.77. The zero-order valence-electron chi connectivity index (χ0n) is 17.9. The summed E-state index contributed by atoms with van der Waals surface area (Å²) in [5, 5.41) is 4.51. The number of nitrogens with zero attached hydrogens (tertiary/aromatic N) is 1. The first kappa shape index (κ1) is 26.4. The monoisotopic (exact) mass is 510 g/mol. The third-order valence-electron chi connectivity index (χ3n) is 4.87. The lowest BCUT2D eigenvalue weighted by atomic mass is 10.0. The van der Waals surface area contributed by atoms with Crippen molar-refractivity contribution in [2.24, 2.45) is 5.14 Å². The molecule has 11 nitrogen and oxygen atoms in total. The van der Waals surface area contributed by atoms with Crippen LogP contribution in [0.5, 0.6) is 0 Å². The van der Waals surface area contributed by atoms with E-state index >= 15 is 0 Å². The highest BCUT2D eigenvalue weighted by atomic mass is 32.3. The van der Waals surface area contributed by atoms with Gasteiger partial charge >= 0.3 is 11.9 Å². The van der Waals surface area contributed by atoms with Crippen LogP contribution in [-0.4, -0.2) is 70.6 Å². The van der Waals surface area contributed by atoms with Crippen LogP contribution in [0.1, 0.15) is 40.0 Å². The maximum Gasteiger partial charge on any atom is 0.344 e. The molecule has 0 fully saturated rings. The van der Waals surface area contributed by atoms with Crippen molar-refractivity contribution in [1.29, 1.82) is 0 Å². The topological polar surface area (TPSA) is 167 Å². The molecular weight excluding hydrogens is 484 g/mol. The van der Waals surface area contributed by atoms with Gasteiger partial charge in [0.05, 0.1) is 17.9 Å². The molecule has 2 aliphatic rings. The molecule has 0 unspecified atom stereocenters. The first-order chi connectivity index (χ1) is 14.8. The molecule has 32 heavy (non-hydrogen) atoms. The molecule has 1 amide bonds. The summed E-state index contributed by atoms with van der Waals surface area (Å²) in [4.78, 5) is 36.3. The first-order valence-electron chi connectivity index (χ1n) is 9.76. The van der Waals surface area contributed by atoms with Gasteiger partial charge in [-0.15, -0.1) is 0 Å². The Hall–Kier alpha value is -1.90. The largest absolute Gasteiger partial charge is 0.463 e. The number of nitrogens with two attached hydrogens (primary N) is 1. The normalized spacial score (nSPS) is 22.1. The van der Waals surface area contributed by atoms with Gasteiger partial charge in [0, 0.05) is 19.9 Å². The maximum atomic E-state index is 12.8. The zero-order valence-corrected chi connectivity index (χ0v) is 20.3. The highest BCUT2D eigenvalue weighted by molar-refractivity contribution is 8.27. The minimum absolute atomic E-state index is 0.0260. The Morgan fingerprint density at radius 2 is 1.94 bits per heavy atom. The number of carbonyl (C=O) groups is 3. The first-order valence-corrected chi connectivity index (χ1v) is 13.7. The van der Waals surface area contributed by atoms with Gasteiger partial charge in [0.25, 0.3) is 0 Å². The van der Waals surface area contributed by atoms with Gasteiger partial charge in [0.1, 0.15) is 8.47 Å². The number of sulfone groups is 1. The van der Waals surface area contributed by atoms with Gasteiger partial charge in [0.15, 0.2) is 16.4 Å². The van der Waals surface area contributed by atoms with Crippen molar-refractivity contribution >= 4 is 49.5 Å². The predicted octanol–water partition coefficient (Wildman–Crippen LogP) is 0.385. The number of sulfonamides is 1. The number of hydrogen-bond acceptors (Lipinski definition) is 10. The number of ether oxygens (including phenoxy) is 2. The Labute approximate surface area is 191 Å². The summed E-state index contributed by atoms with van der Waals surface area (Å²) in [6, 6.07) is -0.858. The molecule has 0 aromatic carbocycles. The number of carbonyl (C=O) groups excluding carboxylic acids is 3. The number of rotatable bonds is 9. The molecule has 2 N–H and O–H groups in total. The second kappa shape index (κ2) is 10.4. The second-order valence-electron chi connectivity index (χ2n) is 7.23. The highest BCUT2D eigenvalue weighted by Crippen LogP contribution is 2.48. The van der Waals surface area contributed by atoms with Gasteiger partial charge < -0.3 is 14.4 Å². The fraction of sp³-hybridized carbons (Fsp3) is 0.611. The van der Waals surface area contributed by atoms with Crippen molar-refractivity contribution < 1.29 is 40.7 Å². The molecule has 2 atom stereocenters. The third-order valence-corrected chi connectivity index (χ3v) is 10.3. The van der Waals surface area contributed by atoms with Crippen molar-refractivity contribution in [3.8, 4) is 0 Å². The molecular formula is C18H26N2O9S3. The smallest absolute Gasteiger partial charge is 0.344 e. The minimum atomic E-state index is -4.18. The van der Waals surface area contributed by atoms with E-state index in [1.807, 2.05) is 0 Å². The van der Waals surface area contributed by atoms with Crippen molar-refractivity contribution in [2.75, 3.05) is 19.8 Å². The molecule has 14 heteroatoms. The number of primary sulfonamides is 1. The Morgan fingerprint density at radius 1 is 1.28 bits per heavy atom. The lowest BCUT2D eigenvalue weighted by molar-refractivity contribution is -0.157. The summed E-state index contributed by atoms with van der Waals surface area (Å²) in [6.45, 7) is 3.97. The van der Waals surface area contributed by atoms with Crippen LogP contribution >= 0.6 is 11.8 Å². The summed E-state index contributed by atoms with van der Waals surface area (Å²) >= 11 is 0.603. The van der Waals surface area contributed by atoms with Crippen molar-refractivity contribution in [2.45, 2.75) is 51.3 Å². The van der Waals surface area contributed by atoms with Gasteiger partial charge in [0.2, 0.25) is 15.9 Å². The summed E-state index contributed by atoms with van der Waals surface area (Å²) in [5.41, 5.74) is 0.470. The van der Waals surface area contributed by atoms with E-state index in [1.165, 1.54) is 17.9 Å². The van der Waals surface area contributed by atoms with E-state index in [4.69, 9.17) is 9.88 Å². The van der Waals surface area contributed by atoms with Crippen LogP contribution in [0.15, 0.2) is 20.1 Å². The average molecular weight is 511 g/mol. The van der Waals surface area contributed by atoms with Crippen LogP contribution in [0.3, 0.4) is 0 Å². The number of hydrogen-bond donors (Lipinski definition) is 1. The van der Waals surface area contributed by atoms with E-state index in [-0.39, 0.29) is 46.8 Å². The molecule has 0 spiro atoms. The average Bonchev–Trinajstić information content (AvgIpc) is 2.92. The van der Waals surface area contributed by atoms with Crippen LogP contribution in [0.25, 0.3) is 0 Å². The second-order valence-corrected chi connectivity index (χ2v) is 12.6. The van der Waals surface area contributed by atoms with Crippen molar-refractivity contribution in [1.82, 2.24) is 4.90 Å². The summed E-state index contributed by atoms with van der Waals surface area (Å²) in [5.74, 6) is -1.73. The number of esters is 2. The molecule has 180 valence electrons. The predicted molar refractivity (Wildman–Crippen MR) is 117 cm³/mol. The van der Waals surface area contributed by atoms with Crippen LogP contribution < -0.4 is 5.14 Å². The summed E-state index contributed by atoms with van der Waals surface area (Å²) < 4.78 is 58.3. The molecule has 0 saturated heterocycles. The molecule has 0 bridgehead atoms. The minimum Gasteiger partial charge on any atom is -0.463 e. The summed E-state index contributed by atoms with van der Waals surface area (Å²) in [7, 11) is -7.89. The Morgan fingerprint density at radius 3 is 2.50 bits per heavy atom. The number of amides is 1. The van der Waals surface area contributed by atoms with E-state index in [2.05, 4.69) is 4.74 Å². The standard InChI is InChI=1S/C18H26N2O9S3/c1-4-20(15(22)6-5-7-28-16(23)10-29-12(3)21)14-9-17(32(19,26)27)30-18-13(14)8-11(2)31(18,24)25/h9,11,14H,4-8,10H2,1-3H3,(H2,19,26,27)/t11-,14-/m0/s1. The van der Waals surface area contributed by atoms with E-state index in [0.29, 0.717) is 17.3 Å². The SMILES string of the molecule is CCN(C(=O)CCCOC(=O)COC(C)=O)[C@H]1C=C(S(N)(=O)=O)SC2=C1C[C@H](C)S2(=O)=O. The highest BCUT2D eigenvalue weighted by Gasteiger charge is 2.45. The molecule has 0 radical (unpaired) electrons. The maximum absolute atomic E-state index is 12.8. The zero-order chi connectivity index (χ0) is 24.3. The molecule has 0 aromatic heterocycles. The van der Waals surface area contributed by atoms with Crippen LogP contribution in [0, 0.1) is 0 Å². The quantitative estimate of drug-likeness (QED) is 0.338. The molecule has 2 heterocycles. The van der Waals surface area contributed by atoms with Crippen LogP contribution in [-0.2, 0) is 43.7 Å². The van der Waals surface area contributed by atoms with Crippen LogP contribution in [0.2, 0.25) is 0 Å². The lowest BCUT2D eigenvalue weighted by Gasteiger charge is -2.33. The van der Waals surface area contributed by atoms with E-state index in [1.54, 1.807) is 6.92 Å². The number of likely N-dealkylation sites (N-methyl/N-ethyl adjacent to an activating group) is 1. The van der Waals surface area contributed by atoms with Crippen molar-refractivity contribution in [3.63, 3.8) is 0 Å². The van der Waals surface area contributed by atoms with Crippen LogP contribution in [0.4, 0.5) is 0 Å². The summed E-state index contributed by atoms with van der Waals surface area (Å²) in [6.07, 6.45) is 1.64. The Bertz CT molecular complexity index is 1060. The van der Waals surface area contributed by atoms with Gasteiger partial charge in [-0.3, -0.25) is 9.59 Å². The van der Waals surface area contributed by atoms with E-state index < -0.39 is 49.7 Å². The molecule has 0 aliphatic carbocycles. The molecule has 2 rings (SSSR count). The van der Waals surface area contributed by atoms with Gasteiger partial charge in [-0.2, -0.15) is 0 Å². The van der Waals surface area contributed by atoms with Gasteiger partial charge in [-0.1, -0.05) is 11.8 Å². The van der Waals surface area contributed by atoms with E-state index in [0.717, 1.165) is 6.92 Å². The molecule has 0 aromatic rings. The lowest BCUT2D eigenvalue weighted by Crippen LogP contribution is -2.41. The molecule has 0 saturated carbocycles. The molecule has 2 aliphatic heterocycles. The Balaban J connectivity index is 2.14. The van der Waals surface area contributed by atoms with Gasteiger partial charge in [-0.25, -0.2) is 26.8 Å². The van der Waals surface area contributed by atoms with Crippen molar-refractivity contribution in [3.05, 3.63) is 20.1 Å². The number of thioether (sulfide) groups is 1. The van der Waals surface area contributed by atoms with Gasteiger partial charge in [-0.05, 0) is 38.3 Å².